The first kappa shape index (κ1) is 15.3. The fourth-order valence-corrected chi connectivity index (χ4v) is 1.71. The van der Waals surface area contributed by atoms with Crippen molar-refractivity contribution in [2.75, 3.05) is 13.2 Å². The Balaban J connectivity index is 1.98. The van der Waals surface area contributed by atoms with Gasteiger partial charge in [0, 0.05) is 18.5 Å². The number of carboxylic acid groups (broad SMARTS) is 1. The standard InChI is InChI=1S/C14H21NO4/c1-2-11(12-7-8-12)10-19-14(18)15-9-5-3-4-6-13(16)17/h12H,1,3-10H2,(H,15,18)(H,16,17). The van der Waals surface area contributed by atoms with E-state index in [1.165, 1.54) is 0 Å². The molecule has 1 fully saturated rings. The molecule has 1 amide bonds. The number of alkyl carbamates (subject to hydrolysis) is 1. The normalized spacial score (nSPS) is 13.5. The first-order valence-corrected chi connectivity index (χ1v) is 6.64. The molecule has 5 heteroatoms. The Hall–Kier alpha value is -1.74. The van der Waals surface area contributed by atoms with Gasteiger partial charge in [0.2, 0.25) is 0 Å². The summed E-state index contributed by atoms with van der Waals surface area (Å²) in [5, 5.41) is 11.1. The average Bonchev–Trinajstić information content (AvgIpc) is 3.18. The maximum atomic E-state index is 11.4. The molecule has 0 heterocycles. The summed E-state index contributed by atoms with van der Waals surface area (Å²) in [6, 6.07) is 0. The third-order valence-electron chi connectivity index (χ3n) is 2.99. The maximum Gasteiger partial charge on any atom is 0.407 e. The largest absolute Gasteiger partial charge is 0.481 e. The van der Waals surface area contributed by atoms with Crippen LogP contribution in [0.1, 0.15) is 38.5 Å². The molecule has 0 spiro atoms. The molecule has 1 saturated carbocycles. The second-order valence-corrected chi connectivity index (χ2v) is 4.68. The van der Waals surface area contributed by atoms with Gasteiger partial charge in [-0.3, -0.25) is 4.79 Å². The predicted octanol–water partition coefficient (Wildman–Crippen LogP) is 2.48. The summed E-state index contributed by atoms with van der Waals surface area (Å²) in [7, 11) is 0. The van der Waals surface area contributed by atoms with E-state index in [1.807, 2.05) is 0 Å². The minimum absolute atomic E-state index is 0.180. The van der Waals surface area contributed by atoms with Gasteiger partial charge in [0.25, 0.3) is 0 Å². The van der Waals surface area contributed by atoms with Crippen molar-refractivity contribution in [1.82, 2.24) is 5.32 Å². The zero-order chi connectivity index (χ0) is 14.1. The molecule has 0 unspecified atom stereocenters. The molecule has 0 saturated heterocycles. The van der Waals surface area contributed by atoms with Crippen LogP contribution in [0.4, 0.5) is 4.79 Å². The first-order valence-electron chi connectivity index (χ1n) is 6.64. The van der Waals surface area contributed by atoms with Gasteiger partial charge in [0.1, 0.15) is 6.61 Å². The van der Waals surface area contributed by atoms with Gasteiger partial charge >= 0.3 is 12.1 Å². The molecule has 0 bridgehead atoms. The van der Waals surface area contributed by atoms with Crippen LogP contribution in [0.2, 0.25) is 0 Å². The summed E-state index contributed by atoms with van der Waals surface area (Å²) >= 11 is 0. The fraction of sp³-hybridized carbons (Fsp3) is 0.643. The van der Waals surface area contributed by atoms with Gasteiger partial charge in [-0.1, -0.05) is 13.0 Å². The van der Waals surface area contributed by atoms with Crippen LogP contribution >= 0.6 is 0 Å². The van der Waals surface area contributed by atoms with Crippen LogP contribution in [-0.4, -0.2) is 30.3 Å². The highest BCUT2D eigenvalue weighted by Gasteiger charge is 2.26. The molecule has 2 N–H and O–H groups in total. The molecule has 0 radical (unpaired) electrons. The van der Waals surface area contributed by atoms with E-state index < -0.39 is 12.1 Å². The molecule has 0 aromatic rings. The predicted molar refractivity (Wildman–Crippen MR) is 70.8 cm³/mol. The number of carbonyl (C=O) groups is 2. The number of unbranched alkanes of at least 4 members (excludes halogenated alkanes) is 2. The number of ether oxygens (including phenoxy) is 1. The van der Waals surface area contributed by atoms with E-state index >= 15 is 0 Å². The number of amides is 1. The second kappa shape index (κ2) is 8.38. The quantitative estimate of drug-likeness (QED) is 0.497. The molecule has 1 aliphatic rings. The van der Waals surface area contributed by atoms with Gasteiger partial charge in [-0.2, -0.15) is 0 Å². The fourth-order valence-electron chi connectivity index (χ4n) is 1.71. The van der Waals surface area contributed by atoms with Gasteiger partial charge < -0.3 is 15.2 Å². The highest BCUT2D eigenvalue weighted by Crippen LogP contribution is 2.35. The van der Waals surface area contributed by atoms with Crippen molar-refractivity contribution >= 4 is 12.1 Å². The van der Waals surface area contributed by atoms with E-state index in [2.05, 4.69) is 17.6 Å². The zero-order valence-electron chi connectivity index (χ0n) is 11.1. The lowest BCUT2D eigenvalue weighted by molar-refractivity contribution is -0.137. The smallest absolute Gasteiger partial charge is 0.407 e. The van der Waals surface area contributed by atoms with Gasteiger partial charge in [0.05, 0.1) is 0 Å². The van der Waals surface area contributed by atoms with Crippen molar-refractivity contribution in [1.29, 1.82) is 0 Å². The van der Waals surface area contributed by atoms with Gasteiger partial charge in [-0.05, 0) is 31.6 Å². The second-order valence-electron chi connectivity index (χ2n) is 4.68. The molecule has 0 aromatic heterocycles. The Morgan fingerprint density at radius 1 is 1.32 bits per heavy atom. The van der Waals surface area contributed by atoms with Crippen molar-refractivity contribution in [2.24, 2.45) is 5.92 Å². The maximum absolute atomic E-state index is 11.4. The van der Waals surface area contributed by atoms with Crippen molar-refractivity contribution < 1.29 is 19.4 Å². The number of rotatable bonds is 9. The van der Waals surface area contributed by atoms with Crippen LogP contribution < -0.4 is 5.32 Å². The molecule has 19 heavy (non-hydrogen) atoms. The van der Waals surface area contributed by atoms with Crippen molar-refractivity contribution in [3.8, 4) is 0 Å². The van der Waals surface area contributed by atoms with Crippen LogP contribution in [0.5, 0.6) is 0 Å². The Bertz CT molecular complexity index is 368. The number of nitrogens with one attached hydrogen (secondary N) is 1. The SMILES string of the molecule is C=C=C(COC(=O)NCCCCCC(=O)O)C1CC1. The average molecular weight is 267 g/mol. The number of hydrogen-bond acceptors (Lipinski definition) is 3. The molecule has 0 aromatic carbocycles. The summed E-state index contributed by atoms with van der Waals surface area (Å²) in [6.45, 7) is 4.36. The first-order chi connectivity index (χ1) is 9.13. The summed E-state index contributed by atoms with van der Waals surface area (Å²) < 4.78 is 5.06. The summed E-state index contributed by atoms with van der Waals surface area (Å²) in [4.78, 5) is 21.6. The van der Waals surface area contributed by atoms with E-state index in [-0.39, 0.29) is 13.0 Å². The van der Waals surface area contributed by atoms with Crippen molar-refractivity contribution in [2.45, 2.75) is 38.5 Å². The Morgan fingerprint density at radius 3 is 2.63 bits per heavy atom. The number of aliphatic carboxylic acids is 1. The van der Waals surface area contributed by atoms with Crippen LogP contribution in [-0.2, 0) is 9.53 Å². The van der Waals surface area contributed by atoms with Crippen molar-refractivity contribution in [3.63, 3.8) is 0 Å². The Kier molecular flexibility index (Phi) is 6.75. The van der Waals surface area contributed by atoms with Gasteiger partial charge in [0.15, 0.2) is 0 Å². The number of hydrogen-bond donors (Lipinski definition) is 2. The van der Waals surface area contributed by atoms with E-state index in [0.717, 1.165) is 31.3 Å². The number of carboxylic acids is 1. The van der Waals surface area contributed by atoms with E-state index in [1.54, 1.807) is 0 Å². The lowest BCUT2D eigenvalue weighted by atomic mass is 10.2. The van der Waals surface area contributed by atoms with Crippen LogP contribution in [0.25, 0.3) is 0 Å². The Labute approximate surface area is 113 Å². The third kappa shape index (κ3) is 7.32. The Morgan fingerprint density at radius 2 is 2.05 bits per heavy atom. The van der Waals surface area contributed by atoms with E-state index in [4.69, 9.17) is 9.84 Å². The topological polar surface area (TPSA) is 75.6 Å². The highest BCUT2D eigenvalue weighted by molar-refractivity contribution is 5.67. The monoisotopic (exact) mass is 267 g/mol. The summed E-state index contributed by atoms with van der Waals surface area (Å²) in [5.41, 5.74) is 3.79. The van der Waals surface area contributed by atoms with Crippen LogP contribution in [0.15, 0.2) is 17.9 Å². The van der Waals surface area contributed by atoms with E-state index in [0.29, 0.717) is 18.9 Å². The van der Waals surface area contributed by atoms with Crippen LogP contribution in [0.3, 0.4) is 0 Å². The third-order valence-corrected chi connectivity index (χ3v) is 2.99. The van der Waals surface area contributed by atoms with Crippen molar-refractivity contribution in [3.05, 3.63) is 17.9 Å². The molecule has 1 rings (SSSR count). The van der Waals surface area contributed by atoms with E-state index in [9.17, 15) is 9.59 Å². The minimum atomic E-state index is -0.781. The number of carbonyl (C=O) groups excluding carboxylic acids is 1. The molecule has 1 aliphatic carbocycles. The molecular formula is C14H21NO4. The molecule has 5 nitrogen and oxygen atoms in total. The van der Waals surface area contributed by atoms with Gasteiger partial charge in [-0.25, -0.2) is 4.79 Å². The van der Waals surface area contributed by atoms with Crippen LogP contribution in [0, 0.1) is 5.92 Å². The molecule has 106 valence electrons. The molecule has 0 aliphatic heterocycles. The molecule has 0 atom stereocenters. The summed E-state index contributed by atoms with van der Waals surface area (Å²) in [6.07, 6.45) is 4.18. The van der Waals surface area contributed by atoms with Gasteiger partial charge in [-0.15, -0.1) is 5.73 Å². The minimum Gasteiger partial charge on any atom is -0.481 e. The summed E-state index contributed by atoms with van der Waals surface area (Å²) in [5.74, 6) is -0.280. The molecular weight excluding hydrogens is 246 g/mol. The lowest BCUT2D eigenvalue weighted by Crippen LogP contribution is -2.26. The lowest BCUT2D eigenvalue weighted by Gasteiger charge is -2.07. The highest BCUT2D eigenvalue weighted by atomic mass is 16.5. The zero-order valence-corrected chi connectivity index (χ0v) is 11.1.